The highest BCUT2D eigenvalue weighted by Gasteiger charge is 2.09. The fourth-order valence-corrected chi connectivity index (χ4v) is 2.88. The van der Waals surface area contributed by atoms with Crippen LogP contribution in [0.1, 0.15) is 10.4 Å². The first kappa shape index (κ1) is 22.7. The van der Waals surface area contributed by atoms with E-state index in [2.05, 4.69) is 10.6 Å². The molecule has 32 heavy (non-hydrogen) atoms. The second-order valence-electron chi connectivity index (χ2n) is 7.22. The topological polar surface area (TPSA) is 79.9 Å². The Morgan fingerprint density at radius 2 is 1.44 bits per heavy atom. The molecule has 3 rings (SSSR count). The van der Waals surface area contributed by atoms with Crippen LogP contribution in [0, 0.1) is 0 Å². The molecule has 3 aromatic rings. The van der Waals surface area contributed by atoms with E-state index in [4.69, 9.17) is 9.47 Å². The average Bonchev–Trinajstić information content (AvgIpc) is 2.81. The largest absolute Gasteiger partial charge is 0.490 e. The van der Waals surface area contributed by atoms with Crippen molar-refractivity contribution in [3.05, 3.63) is 84.4 Å². The molecular weight excluding hydrogens is 406 g/mol. The van der Waals surface area contributed by atoms with Crippen LogP contribution in [0.4, 0.5) is 11.4 Å². The minimum absolute atomic E-state index is 0.0942. The van der Waals surface area contributed by atoms with Crippen LogP contribution < -0.4 is 20.1 Å². The third-order valence-electron chi connectivity index (χ3n) is 4.47. The summed E-state index contributed by atoms with van der Waals surface area (Å²) in [5.41, 5.74) is 1.89. The van der Waals surface area contributed by atoms with E-state index in [9.17, 15) is 9.59 Å². The van der Waals surface area contributed by atoms with Crippen molar-refractivity contribution in [2.45, 2.75) is 0 Å². The molecule has 0 aliphatic carbocycles. The first-order chi connectivity index (χ1) is 15.5. The van der Waals surface area contributed by atoms with Gasteiger partial charge in [0.1, 0.15) is 24.7 Å². The molecule has 0 fully saturated rings. The van der Waals surface area contributed by atoms with Gasteiger partial charge >= 0.3 is 0 Å². The summed E-state index contributed by atoms with van der Waals surface area (Å²) in [5.74, 6) is 1.20. The highest BCUT2D eigenvalue weighted by atomic mass is 16.5. The molecule has 0 saturated carbocycles. The third-order valence-corrected chi connectivity index (χ3v) is 4.47. The summed E-state index contributed by atoms with van der Waals surface area (Å²) in [6.07, 6.45) is 0. The maximum absolute atomic E-state index is 12.3. The van der Waals surface area contributed by atoms with Gasteiger partial charge in [0.25, 0.3) is 5.91 Å². The summed E-state index contributed by atoms with van der Waals surface area (Å²) in [4.78, 5) is 25.8. The van der Waals surface area contributed by atoms with Crippen LogP contribution >= 0.6 is 0 Å². The predicted molar refractivity (Wildman–Crippen MR) is 125 cm³/mol. The Balaban J connectivity index is 1.40. The summed E-state index contributed by atoms with van der Waals surface area (Å²) >= 11 is 0. The van der Waals surface area contributed by atoms with E-state index in [0.29, 0.717) is 24.5 Å². The molecule has 3 aromatic carbocycles. The van der Waals surface area contributed by atoms with Gasteiger partial charge in [-0.3, -0.25) is 9.59 Å². The summed E-state index contributed by atoms with van der Waals surface area (Å²) in [5, 5.41) is 5.86. The summed E-state index contributed by atoms with van der Waals surface area (Å²) < 4.78 is 11.3. The maximum Gasteiger partial charge on any atom is 0.253 e. The first-order valence-corrected chi connectivity index (χ1v) is 10.3. The van der Waals surface area contributed by atoms with Crippen molar-refractivity contribution < 1.29 is 19.1 Å². The molecule has 2 N–H and O–H groups in total. The zero-order chi connectivity index (χ0) is 22.8. The Morgan fingerprint density at radius 1 is 0.781 bits per heavy atom. The maximum atomic E-state index is 12.3. The Morgan fingerprint density at radius 3 is 2.09 bits per heavy atom. The van der Waals surface area contributed by atoms with Crippen molar-refractivity contribution in [3.8, 4) is 11.5 Å². The van der Waals surface area contributed by atoms with E-state index in [0.717, 1.165) is 17.2 Å². The number of rotatable bonds is 10. The number of nitrogens with zero attached hydrogens (tertiary/aromatic N) is 1. The molecule has 0 bridgehead atoms. The number of hydrogen-bond acceptors (Lipinski definition) is 5. The van der Waals surface area contributed by atoms with Gasteiger partial charge in [-0.05, 0) is 54.6 Å². The van der Waals surface area contributed by atoms with E-state index in [1.165, 1.54) is 4.90 Å². The molecule has 0 unspecified atom stereocenters. The average molecular weight is 434 g/mol. The molecule has 0 aromatic heterocycles. The van der Waals surface area contributed by atoms with Crippen molar-refractivity contribution in [3.63, 3.8) is 0 Å². The van der Waals surface area contributed by atoms with Gasteiger partial charge in [0.2, 0.25) is 5.91 Å². The van der Waals surface area contributed by atoms with Crippen LogP contribution in [0.5, 0.6) is 11.5 Å². The Kier molecular flexibility index (Phi) is 8.09. The lowest BCUT2D eigenvalue weighted by atomic mass is 10.2. The van der Waals surface area contributed by atoms with Crippen molar-refractivity contribution >= 4 is 23.2 Å². The molecule has 0 saturated heterocycles. The summed E-state index contributed by atoms with van der Waals surface area (Å²) in [6.45, 7) is 0.974. The minimum Gasteiger partial charge on any atom is -0.490 e. The Bertz CT molecular complexity index is 1020. The SMILES string of the molecule is CN(C)C(=O)c1cccc(NC(=O)CNc2ccc(OCCOc3ccccc3)cc2)c1. The summed E-state index contributed by atoms with van der Waals surface area (Å²) in [7, 11) is 3.37. The molecule has 0 heterocycles. The number of carbonyl (C=O) groups is 2. The number of nitrogens with one attached hydrogen (secondary N) is 2. The number of ether oxygens (including phenoxy) is 2. The molecule has 0 aliphatic rings. The van der Waals surface area contributed by atoms with Crippen LogP contribution in [-0.2, 0) is 4.79 Å². The lowest BCUT2D eigenvalue weighted by molar-refractivity contribution is -0.114. The van der Waals surface area contributed by atoms with Gasteiger partial charge in [-0.2, -0.15) is 0 Å². The molecule has 2 amide bonds. The lowest BCUT2D eigenvalue weighted by Crippen LogP contribution is -2.23. The molecule has 7 nitrogen and oxygen atoms in total. The predicted octanol–water partition coefficient (Wildman–Crippen LogP) is 3.90. The van der Waals surface area contributed by atoms with Crippen molar-refractivity contribution in [2.24, 2.45) is 0 Å². The van der Waals surface area contributed by atoms with Crippen molar-refractivity contribution in [2.75, 3.05) is 44.5 Å². The van der Waals surface area contributed by atoms with Crippen molar-refractivity contribution in [1.29, 1.82) is 0 Å². The fraction of sp³-hybridized carbons (Fsp3) is 0.200. The van der Waals surface area contributed by atoms with Gasteiger partial charge in [0.15, 0.2) is 0 Å². The number of carbonyl (C=O) groups excluding carboxylic acids is 2. The zero-order valence-electron chi connectivity index (χ0n) is 18.2. The number of para-hydroxylation sites is 1. The molecule has 0 radical (unpaired) electrons. The fourth-order valence-electron chi connectivity index (χ4n) is 2.88. The molecule has 0 atom stereocenters. The Labute approximate surface area is 188 Å². The molecule has 166 valence electrons. The van der Waals surface area contributed by atoms with Crippen molar-refractivity contribution in [1.82, 2.24) is 4.90 Å². The second-order valence-corrected chi connectivity index (χ2v) is 7.22. The van der Waals surface area contributed by atoms with Crippen LogP contribution in [-0.4, -0.2) is 50.6 Å². The summed E-state index contributed by atoms with van der Waals surface area (Å²) in [6, 6.07) is 23.8. The third kappa shape index (κ3) is 7.05. The van der Waals surface area contributed by atoms with E-state index in [-0.39, 0.29) is 18.4 Å². The first-order valence-electron chi connectivity index (χ1n) is 10.3. The van der Waals surface area contributed by atoms with E-state index in [1.54, 1.807) is 38.4 Å². The van der Waals surface area contributed by atoms with Gasteiger partial charge < -0.3 is 25.0 Å². The number of hydrogen-bond donors (Lipinski definition) is 2. The number of anilines is 2. The Hall–Kier alpha value is -4.00. The monoisotopic (exact) mass is 433 g/mol. The molecule has 7 heteroatoms. The van der Waals surface area contributed by atoms with Crippen LogP contribution in [0.2, 0.25) is 0 Å². The van der Waals surface area contributed by atoms with Gasteiger partial charge in [-0.1, -0.05) is 24.3 Å². The van der Waals surface area contributed by atoms with Gasteiger partial charge in [-0.15, -0.1) is 0 Å². The zero-order valence-corrected chi connectivity index (χ0v) is 18.2. The van der Waals surface area contributed by atoms with Crippen LogP contribution in [0.3, 0.4) is 0 Å². The molecular formula is C25H27N3O4. The normalized spacial score (nSPS) is 10.2. The molecule has 0 aliphatic heterocycles. The lowest BCUT2D eigenvalue weighted by Gasteiger charge is -2.12. The minimum atomic E-state index is -0.210. The highest BCUT2D eigenvalue weighted by molar-refractivity contribution is 5.97. The van der Waals surface area contributed by atoms with Crippen LogP contribution in [0.25, 0.3) is 0 Å². The van der Waals surface area contributed by atoms with Gasteiger partial charge in [0.05, 0.1) is 6.54 Å². The van der Waals surface area contributed by atoms with Gasteiger partial charge in [0, 0.05) is 31.0 Å². The van der Waals surface area contributed by atoms with E-state index in [1.807, 2.05) is 54.6 Å². The number of amides is 2. The quantitative estimate of drug-likeness (QED) is 0.474. The smallest absolute Gasteiger partial charge is 0.253 e. The van der Waals surface area contributed by atoms with E-state index >= 15 is 0 Å². The van der Waals surface area contributed by atoms with E-state index < -0.39 is 0 Å². The number of benzene rings is 3. The molecule has 0 spiro atoms. The standard InChI is InChI=1S/C25H27N3O4/c1-28(2)25(30)19-7-6-8-21(17-19)27-24(29)18-26-20-11-13-23(14-12-20)32-16-15-31-22-9-4-3-5-10-22/h3-14,17,26H,15-16,18H2,1-2H3,(H,27,29). The second kappa shape index (κ2) is 11.4. The van der Waals surface area contributed by atoms with Crippen LogP contribution in [0.15, 0.2) is 78.9 Å². The highest BCUT2D eigenvalue weighted by Crippen LogP contribution is 2.16. The van der Waals surface area contributed by atoms with Gasteiger partial charge in [-0.25, -0.2) is 0 Å².